The summed E-state index contributed by atoms with van der Waals surface area (Å²) in [7, 11) is 0. The van der Waals surface area contributed by atoms with Gasteiger partial charge in [0.05, 0.1) is 22.1 Å². The number of rotatable bonds is 4. The third-order valence-corrected chi connectivity index (χ3v) is 5.56. The van der Waals surface area contributed by atoms with Crippen LogP contribution in [0.1, 0.15) is 11.3 Å². The van der Waals surface area contributed by atoms with Crippen LogP contribution < -0.4 is 5.43 Å². The van der Waals surface area contributed by atoms with Crippen LogP contribution in [-0.2, 0) is 0 Å². The maximum Gasteiger partial charge on any atom is 0.167 e. The van der Waals surface area contributed by atoms with Crippen LogP contribution in [0.15, 0.2) is 52.7 Å². The van der Waals surface area contributed by atoms with Gasteiger partial charge in [-0.05, 0) is 41.4 Å². The van der Waals surface area contributed by atoms with Crippen LogP contribution in [0.2, 0.25) is 0 Å². The smallest absolute Gasteiger partial charge is 0.167 e. The fourth-order valence-electron chi connectivity index (χ4n) is 2.38. The normalized spacial score (nSPS) is 11.4. The van der Waals surface area contributed by atoms with E-state index in [4.69, 9.17) is 0 Å². The van der Waals surface area contributed by atoms with Gasteiger partial charge in [-0.15, -0.1) is 11.3 Å². The predicted molar refractivity (Wildman–Crippen MR) is 101 cm³/mol. The Hall–Kier alpha value is -2.64. The third kappa shape index (κ3) is 2.79. The van der Waals surface area contributed by atoms with Gasteiger partial charge in [0.25, 0.3) is 0 Å². The number of hydrazone groups is 1. The molecule has 4 aromatic rings. The first kappa shape index (κ1) is 14.9. The van der Waals surface area contributed by atoms with Crippen LogP contribution in [0.25, 0.3) is 20.7 Å². The largest absolute Gasteiger partial charge is 0.260 e. The highest BCUT2D eigenvalue weighted by atomic mass is 32.1. The summed E-state index contributed by atoms with van der Waals surface area (Å²) in [5.41, 5.74) is 7.17. The van der Waals surface area contributed by atoms with E-state index in [1.165, 1.54) is 16.0 Å². The minimum atomic E-state index is 0.710. The molecule has 0 bridgehead atoms. The zero-order chi connectivity index (χ0) is 16.4. The Morgan fingerprint density at radius 3 is 2.92 bits per heavy atom. The molecule has 0 atom stereocenters. The van der Waals surface area contributed by atoms with E-state index in [1.807, 2.05) is 18.2 Å². The van der Waals surface area contributed by atoms with Crippen molar-refractivity contribution in [3.8, 4) is 10.4 Å². The predicted octanol–water partition coefficient (Wildman–Crippen LogP) is 4.57. The van der Waals surface area contributed by atoms with Crippen molar-refractivity contribution in [1.82, 2.24) is 15.0 Å². The van der Waals surface area contributed by atoms with E-state index in [2.05, 4.69) is 49.2 Å². The Morgan fingerprint density at radius 1 is 1.17 bits per heavy atom. The van der Waals surface area contributed by atoms with Crippen molar-refractivity contribution in [3.63, 3.8) is 0 Å². The van der Waals surface area contributed by atoms with Crippen molar-refractivity contribution in [1.29, 1.82) is 0 Å². The van der Waals surface area contributed by atoms with E-state index in [0.29, 0.717) is 5.82 Å². The summed E-state index contributed by atoms with van der Waals surface area (Å²) in [6.07, 6.45) is 4.98. The quantitative estimate of drug-likeness (QED) is 0.432. The number of nitrogens with one attached hydrogen (secondary N) is 1. The number of fused-ring (bicyclic) bond motifs is 1. The molecule has 0 aromatic carbocycles. The van der Waals surface area contributed by atoms with Gasteiger partial charge >= 0.3 is 0 Å². The molecule has 0 saturated carbocycles. The lowest BCUT2D eigenvalue weighted by molar-refractivity contribution is 1.18. The molecule has 4 heterocycles. The molecule has 0 aliphatic carbocycles. The first-order valence-corrected chi connectivity index (χ1v) is 9.05. The summed E-state index contributed by atoms with van der Waals surface area (Å²) in [5.74, 6) is 0.710. The molecule has 0 spiro atoms. The number of aryl methyl sites for hydroxylation is 1. The Labute approximate surface area is 146 Å². The molecule has 0 unspecified atom stereocenters. The highest BCUT2D eigenvalue weighted by Gasteiger charge is 2.15. The summed E-state index contributed by atoms with van der Waals surface area (Å²) in [5, 5.41) is 8.48. The molecule has 4 rings (SSSR count). The molecule has 0 amide bonds. The van der Waals surface area contributed by atoms with Gasteiger partial charge in [-0.3, -0.25) is 10.4 Å². The van der Waals surface area contributed by atoms with Crippen molar-refractivity contribution in [2.45, 2.75) is 6.92 Å². The molecular weight excluding hydrogens is 338 g/mol. The maximum absolute atomic E-state index is 4.44. The number of hydrogen-bond acceptors (Lipinski definition) is 7. The monoisotopic (exact) mass is 351 g/mol. The third-order valence-electron chi connectivity index (χ3n) is 3.54. The van der Waals surface area contributed by atoms with Gasteiger partial charge in [0.15, 0.2) is 5.82 Å². The molecule has 0 aliphatic rings. The second-order valence-electron chi connectivity index (χ2n) is 5.09. The molecule has 1 N–H and O–H groups in total. The van der Waals surface area contributed by atoms with Crippen molar-refractivity contribution in [2.75, 3.05) is 5.43 Å². The molecule has 24 heavy (non-hydrogen) atoms. The maximum atomic E-state index is 4.44. The highest BCUT2D eigenvalue weighted by Crippen LogP contribution is 2.40. The molecule has 5 nitrogen and oxygen atoms in total. The lowest BCUT2D eigenvalue weighted by Crippen LogP contribution is -1.95. The molecule has 0 radical (unpaired) electrons. The van der Waals surface area contributed by atoms with Crippen LogP contribution in [0, 0.1) is 6.92 Å². The minimum absolute atomic E-state index is 0.710. The molecule has 7 heteroatoms. The van der Waals surface area contributed by atoms with Crippen molar-refractivity contribution >= 4 is 44.9 Å². The van der Waals surface area contributed by atoms with Gasteiger partial charge in [0, 0.05) is 16.6 Å². The molecule has 0 fully saturated rings. The number of aromatic nitrogens is 3. The molecule has 0 aliphatic heterocycles. The van der Waals surface area contributed by atoms with Crippen molar-refractivity contribution in [3.05, 3.63) is 58.8 Å². The lowest BCUT2D eigenvalue weighted by atomic mass is 10.2. The summed E-state index contributed by atoms with van der Waals surface area (Å²) in [6.45, 7) is 2.10. The average Bonchev–Trinajstić information content (AvgIpc) is 3.25. The van der Waals surface area contributed by atoms with Crippen LogP contribution in [0.4, 0.5) is 5.82 Å². The van der Waals surface area contributed by atoms with E-state index in [-0.39, 0.29) is 0 Å². The van der Waals surface area contributed by atoms with Crippen LogP contribution in [-0.4, -0.2) is 21.2 Å². The van der Waals surface area contributed by atoms with Gasteiger partial charge in [0.1, 0.15) is 6.33 Å². The highest BCUT2D eigenvalue weighted by molar-refractivity contribution is 7.23. The van der Waals surface area contributed by atoms with Gasteiger partial charge in [-0.25, -0.2) is 9.97 Å². The number of nitrogens with zero attached hydrogens (tertiary/aromatic N) is 4. The number of pyridine rings is 1. The average molecular weight is 351 g/mol. The Bertz CT molecular complexity index is 991. The second kappa shape index (κ2) is 6.46. The van der Waals surface area contributed by atoms with E-state index in [1.54, 1.807) is 41.4 Å². The number of thiophene rings is 2. The van der Waals surface area contributed by atoms with Gasteiger partial charge in [-0.2, -0.15) is 16.4 Å². The first-order valence-electron chi connectivity index (χ1n) is 7.29. The fourth-order valence-corrected chi connectivity index (χ4v) is 4.30. The minimum Gasteiger partial charge on any atom is -0.260 e. The number of anilines is 1. The van der Waals surface area contributed by atoms with Crippen LogP contribution >= 0.6 is 22.7 Å². The van der Waals surface area contributed by atoms with E-state index >= 15 is 0 Å². The van der Waals surface area contributed by atoms with Crippen molar-refractivity contribution in [2.24, 2.45) is 5.10 Å². The van der Waals surface area contributed by atoms with E-state index in [9.17, 15) is 0 Å². The standard InChI is InChI=1S/C17H13N5S2/c1-11-14-16(24-15(11)12-5-7-23-9-12)17(20-10-19-14)22-21-8-13-4-2-3-6-18-13/h2-10H,1H3,(H,19,20,22). The summed E-state index contributed by atoms with van der Waals surface area (Å²) in [6, 6.07) is 7.82. The van der Waals surface area contributed by atoms with Crippen LogP contribution in [0.5, 0.6) is 0 Å². The second-order valence-corrected chi connectivity index (χ2v) is 6.89. The SMILES string of the molecule is Cc1c(-c2ccsc2)sc2c(NN=Cc3ccccn3)ncnc12. The zero-order valence-electron chi connectivity index (χ0n) is 12.8. The summed E-state index contributed by atoms with van der Waals surface area (Å²) >= 11 is 3.38. The van der Waals surface area contributed by atoms with Gasteiger partial charge in [0.2, 0.25) is 0 Å². The van der Waals surface area contributed by atoms with Crippen molar-refractivity contribution < 1.29 is 0 Å². The lowest BCUT2D eigenvalue weighted by Gasteiger charge is -1.99. The molecule has 4 aromatic heterocycles. The fraction of sp³-hybridized carbons (Fsp3) is 0.0588. The summed E-state index contributed by atoms with van der Waals surface area (Å²) in [4.78, 5) is 14.2. The molecule has 0 saturated heterocycles. The Balaban J connectivity index is 1.69. The molecular formula is C17H13N5S2. The first-order chi connectivity index (χ1) is 11.8. The molecule has 118 valence electrons. The van der Waals surface area contributed by atoms with Crippen LogP contribution in [0.3, 0.4) is 0 Å². The topological polar surface area (TPSA) is 63.1 Å². The van der Waals surface area contributed by atoms with Gasteiger partial charge in [-0.1, -0.05) is 6.07 Å². The van der Waals surface area contributed by atoms with E-state index in [0.717, 1.165) is 15.9 Å². The Morgan fingerprint density at radius 2 is 2.12 bits per heavy atom. The summed E-state index contributed by atoms with van der Waals surface area (Å²) < 4.78 is 1.01. The Kier molecular flexibility index (Phi) is 4.02. The van der Waals surface area contributed by atoms with Gasteiger partial charge < -0.3 is 0 Å². The number of hydrogen-bond donors (Lipinski definition) is 1. The zero-order valence-corrected chi connectivity index (χ0v) is 14.4. The van der Waals surface area contributed by atoms with E-state index < -0.39 is 0 Å².